The van der Waals surface area contributed by atoms with Crippen molar-refractivity contribution in [3.8, 4) is 34.3 Å². The number of fused-ring (bicyclic) bond motifs is 2. The molecular formula is C44H40Br2Cl2N8O4. The number of benzene rings is 4. The third kappa shape index (κ3) is 12.3. The van der Waals surface area contributed by atoms with E-state index in [1.54, 1.807) is 12.4 Å². The molecule has 4 aromatic carbocycles. The van der Waals surface area contributed by atoms with E-state index >= 15 is 0 Å². The largest absolute Gasteiger partial charge is 0.491 e. The molecule has 0 aliphatic rings. The zero-order valence-electron chi connectivity index (χ0n) is 32.0. The van der Waals surface area contributed by atoms with Crippen LogP contribution in [-0.4, -0.2) is 78.6 Å². The Morgan fingerprint density at radius 2 is 1.10 bits per heavy atom. The molecular weight excluding hydrogens is 935 g/mol. The predicted octanol–water partition coefficient (Wildman–Crippen LogP) is 9.14. The van der Waals surface area contributed by atoms with Gasteiger partial charge in [0.15, 0.2) is 11.3 Å². The number of ether oxygens (including phenoxy) is 2. The minimum absolute atomic E-state index is 0.192. The lowest BCUT2D eigenvalue weighted by Gasteiger charge is -2.14. The Labute approximate surface area is 373 Å². The second-order valence-electron chi connectivity index (χ2n) is 13.7. The van der Waals surface area contributed by atoms with Gasteiger partial charge < -0.3 is 40.3 Å². The first kappa shape index (κ1) is 43.2. The van der Waals surface area contributed by atoms with Crippen LogP contribution in [0.25, 0.3) is 45.1 Å². The Hall–Kier alpha value is -4.90. The molecule has 12 nitrogen and oxygen atoms in total. The Kier molecular flexibility index (Phi) is 15.2. The van der Waals surface area contributed by atoms with Crippen LogP contribution >= 0.6 is 55.1 Å². The maximum Gasteiger partial charge on any atom is 0.178 e. The van der Waals surface area contributed by atoms with Crippen LogP contribution in [0.5, 0.6) is 11.5 Å². The summed E-state index contributed by atoms with van der Waals surface area (Å²) >= 11 is 18.8. The highest BCUT2D eigenvalue weighted by Gasteiger charge is 2.11. The van der Waals surface area contributed by atoms with Gasteiger partial charge in [-0.3, -0.25) is 0 Å². The van der Waals surface area contributed by atoms with Crippen molar-refractivity contribution < 1.29 is 19.7 Å². The number of H-pyrrole nitrogens is 2. The van der Waals surface area contributed by atoms with E-state index in [9.17, 15) is 10.2 Å². The van der Waals surface area contributed by atoms with Gasteiger partial charge in [0, 0.05) is 68.7 Å². The number of pyridine rings is 2. The third-order valence-corrected chi connectivity index (χ3v) is 10.5. The Morgan fingerprint density at radius 1 is 0.617 bits per heavy atom. The number of hydrogen-bond donors (Lipinski definition) is 6. The topological polar surface area (TPSA) is 166 Å². The van der Waals surface area contributed by atoms with Crippen molar-refractivity contribution in [2.24, 2.45) is 0 Å². The molecule has 6 N–H and O–H groups in total. The molecule has 0 saturated carbocycles. The molecule has 308 valence electrons. The molecule has 8 rings (SSSR count). The number of aromatic nitrogens is 6. The van der Waals surface area contributed by atoms with Gasteiger partial charge in [0.1, 0.15) is 48.6 Å². The van der Waals surface area contributed by atoms with Gasteiger partial charge in [-0.15, -0.1) is 0 Å². The highest BCUT2D eigenvalue weighted by molar-refractivity contribution is 9.10. The molecule has 60 heavy (non-hydrogen) atoms. The van der Waals surface area contributed by atoms with Gasteiger partial charge in [-0.2, -0.15) is 0 Å². The number of aliphatic hydroxyl groups excluding tert-OH is 2. The van der Waals surface area contributed by atoms with E-state index in [-0.39, 0.29) is 13.2 Å². The van der Waals surface area contributed by atoms with Crippen molar-refractivity contribution >= 4 is 77.4 Å². The Morgan fingerprint density at radius 3 is 1.60 bits per heavy atom. The molecule has 0 amide bonds. The number of nitrogens with zero attached hydrogens (tertiary/aromatic N) is 4. The second kappa shape index (κ2) is 21.1. The molecule has 0 bridgehead atoms. The summed E-state index contributed by atoms with van der Waals surface area (Å²) in [6, 6.07) is 34.3. The van der Waals surface area contributed by atoms with Crippen LogP contribution in [0, 0.1) is 0 Å². The van der Waals surface area contributed by atoms with Gasteiger partial charge in [-0.25, -0.2) is 19.9 Å². The number of rotatable bonds is 16. The molecule has 4 aromatic heterocycles. The minimum Gasteiger partial charge on any atom is -0.491 e. The van der Waals surface area contributed by atoms with Crippen LogP contribution in [0.1, 0.15) is 11.1 Å². The van der Waals surface area contributed by atoms with Crippen molar-refractivity contribution in [1.82, 2.24) is 40.5 Å². The third-order valence-electron chi connectivity index (χ3n) is 9.02. The highest BCUT2D eigenvalue weighted by Crippen LogP contribution is 2.25. The van der Waals surface area contributed by atoms with E-state index in [1.165, 1.54) is 0 Å². The average Bonchev–Trinajstić information content (AvgIpc) is 3.88. The van der Waals surface area contributed by atoms with Crippen LogP contribution < -0.4 is 20.1 Å². The van der Waals surface area contributed by atoms with Crippen LogP contribution in [0.3, 0.4) is 0 Å². The lowest BCUT2D eigenvalue weighted by atomic mass is 10.2. The van der Waals surface area contributed by atoms with E-state index in [4.69, 9.17) is 32.7 Å². The van der Waals surface area contributed by atoms with Crippen LogP contribution in [0.2, 0.25) is 10.0 Å². The maximum absolute atomic E-state index is 10.1. The van der Waals surface area contributed by atoms with Gasteiger partial charge in [0.2, 0.25) is 0 Å². The number of imidazole rings is 2. The van der Waals surface area contributed by atoms with Crippen molar-refractivity contribution in [3.63, 3.8) is 0 Å². The first-order valence-corrected chi connectivity index (χ1v) is 21.2. The van der Waals surface area contributed by atoms with E-state index < -0.39 is 12.2 Å². The lowest BCUT2D eigenvalue weighted by molar-refractivity contribution is 0.106. The van der Waals surface area contributed by atoms with Crippen molar-refractivity contribution in [3.05, 3.63) is 152 Å². The summed E-state index contributed by atoms with van der Waals surface area (Å²) in [6.07, 6.45) is 2.20. The summed E-state index contributed by atoms with van der Waals surface area (Å²) in [4.78, 5) is 24.1. The molecule has 2 atom stereocenters. The summed E-state index contributed by atoms with van der Waals surface area (Å²) in [7, 11) is 0. The molecule has 0 spiro atoms. The fourth-order valence-corrected chi connectivity index (χ4v) is 6.93. The number of nitrogens with one attached hydrogen (secondary N) is 4. The van der Waals surface area contributed by atoms with Gasteiger partial charge in [0.05, 0.1) is 11.0 Å². The first-order chi connectivity index (χ1) is 29.1. The normalized spacial score (nSPS) is 12.2. The highest BCUT2D eigenvalue weighted by atomic mass is 79.9. The van der Waals surface area contributed by atoms with Crippen molar-refractivity contribution in [1.29, 1.82) is 0 Å². The minimum atomic E-state index is -0.632. The van der Waals surface area contributed by atoms with E-state index in [1.807, 2.05) is 109 Å². The average molecular weight is 976 g/mol. The van der Waals surface area contributed by atoms with Gasteiger partial charge in [0.25, 0.3) is 0 Å². The standard InChI is InChI=1S/2C22H20BrClN4O2/c23-16-9-20-22(26-11-16)28-21(27-20)15-3-7-19(8-4-15)30-13-18(29)12-25-10-14-1-5-17(24)6-2-14;23-16-9-20-22(26-11-16)28-21(27-20)14-5-7-18(8-6-14)30-13-17(29)12-25-10-15-3-1-2-4-19(15)24/h1-9,11,18,25,29H,10,12-13H2,(H,26,27,28);1-9,11,17,25,29H,10,12-13H2,(H,26,27,28). The SMILES string of the molecule is OC(CNCc1ccc(Cl)cc1)COc1ccc(-c2nc3ncc(Br)cc3[nH]2)cc1.OC(CNCc1ccccc1Cl)COc1ccc(-c2nc3ncc(Br)cc3[nH]2)cc1. The van der Waals surface area contributed by atoms with Crippen LogP contribution in [0.4, 0.5) is 0 Å². The van der Waals surface area contributed by atoms with Crippen molar-refractivity contribution in [2.45, 2.75) is 25.3 Å². The zero-order valence-corrected chi connectivity index (χ0v) is 36.6. The quantitative estimate of drug-likeness (QED) is 0.0550. The number of hydrogen-bond acceptors (Lipinski definition) is 10. The monoisotopic (exact) mass is 972 g/mol. The summed E-state index contributed by atoms with van der Waals surface area (Å²) in [5, 5.41) is 28.1. The van der Waals surface area contributed by atoms with E-state index in [0.29, 0.717) is 59.0 Å². The summed E-state index contributed by atoms with van der Waals surface area (Å²) in [6.45, 7) is 2.49. The second-order valence-corrected chi connectivity index (χ2v) is 16.4. The molecule has 0 radical (unpaired) electrons. The number of aliphatic hydroxyl groups is 2. The molecule has 4 heterocycles. The smallest absolute Gasteiger partial charge is 0.178 e. The molecule has 0 aliphatic carbocycles. The Bertz CT molecular complexity index is 2610. The zero-order chi connectivity index (χ0) is 41.8. The molecule has 0 fully saturated rings. The van der Waals surface area contributed by atoms with Crippen LogP contribution in [0.15, 0.2) is 131 Å². The first-order valence-electron chi connectivity index (χ1n) is 18.9. The van der Waals surface area contributed by atoms with E-state index in [2.05, 4.69) is 72.4 Å². The Balaban J connectivity index is 0.000000181. The van der Waals surface area contributed by atoms with Gasteiger partial charge in [-0.05, 0) is 122 Å². The lowest BCUT2D eigenvalue weighted by Crippen LogP contribution is -2.31. The molecule has 0 aliphatic heterocycles. The summed E-state index contributed by atoms with van der Waals surface area (Å²) in [5.74, 6) is 2.85. The van der Waals surface area contributed by atoms with Gasteiger partial charge >= 0.3 is 0 Å². The summed E-state index contributed by atoms with van der Waals surface area (Å²) in [5.41, 5.74) is 7.04. The van der Waals surface area contributed by atoms with Gasteiger partial charge in [-0.1, -0.05) is 53.5 Å². The fourth-order valence-electron chi connectivity index (χ4n) is 5.94. The molecule has 2 unspecified atom stereocenters. The number of halogens is 4. The van der Waals surface area contributed by atoms with Crippen LogP contribution in [-0.2, 0) is 13.1 Å². The maximum atomic E-state index is 10.1. The molecule has 8 aromatic rings. The predicted molar refractivity (Wildman–Crippen MR) is 243 cm³/mol. The van der Waals surface area contributed by atoms with E-state index in [0.717, 1.165) is 53.9 Å². The van der Waals surface area contributed by atoms with Crippen molar-refractivity contribution in [2.75, 3.05) is 26.3 Å². The summed E-state index contributed by atoms with van der Waals surface area (Å²) < 4.78 is 13.2. The fraction of sp³-hybridized carbons (Fsp3) is 0.182. The number of aromatic amines is 2. The molecule has 0 saturated heterocycles. The molecule has 16 heteroatoms.